The molecule has 6 nitrogen and oxygen atoms in total. The van der Waals surface area contributed by atoms with E-state index in [4.69, 9.17) is 4.74 Å². The third-order valence-electron chi connectivity index (χ3n) is 7.18. The third-order valence-corrected chi connectivity index (χ3v) is 7.18. The van der Waals surface area contributed by atoms with Gasteiger partial charge in [-0.25, -0.2) is 0 Å². The van der Waals surface area contributed by atoms with Crippen molar-refractivity contribution in [2.75, 3.05) is 20.2 Å². The second-order valence-corrected chi connectivity index (χ2v) is 9.56. The molecule has 172 valence electrons. The van der Waals surface area contributed by atoms with E-state index in [1.54, 1.807) is 13.1 Å². The predicted octanol–water partition coefficient (Wildman–Crippen LogP) is 4.10. The Kier molecular flexibility index (Phi) is 5.59. The van der Waals surface area contributed by atoms with Gasteiger partial charge in [-0.15, -0.1) is 0 Å². The number of benzene rings is 2. The number of rotatable bonds is 7. The molecule has 33 heavy (non-hydrogen) atoms. The molecule has 0 radical (unpaired) electrons. The molecule has 1 saturated carbocycles. The third kappa shape index (κ3) is 4.21. The van der Waals surface area contributed by atoms with E-state index in [0.717, 1.165) is 59.2 Å². The fourth-order valence-electron chi connectivity index (χ4n) is 4.62. The van der Waals surface area contributed by atoms with Gasteiger partial charge in [-0.2, -0.15) is 0 Å². The van der Waals surface area contributed by atoms with Crippen molar-refractivity contribution in [3.05, 3.63) is 70.9 Å². The molecule has 2 N–H and O–H groups in total. The number of likely N-dealkylation sites (tertiary alicyclic amines) is 1. The van der Waals surface area contributed by atoms with Crippen LogP contribution in [0.2, 0.25) is 0 Å². The van der Waals surface area contributed by atoms with Crippen LogP contribution in [0.3, 0.4) is 0 Å². The van der Waals surface area contributed by atoms with Crippen molar-refractivity contribution in [1.82, 2.24) is 15.2 Å². The van der Waals surface area contributed by atoms with Crippen molar-refractivity contribution in [2.24, 2.45) is 0 Å². The molecule has 1 aliphatic heterocycles. The number of fused-ring (bicyclic) bond motifs is 1. The Bertz CT molecular complexity index is 1200. The zero-order chi connectivity index (χ0) is 23.2. The fraction of sp³-hybridized carbons (Fsp3) is 0.407. The lowest BCUT2D eigenvalue weighted by Gasteiger charge is -2.37. The number of hydrogen-bond donors (Lipinski definition) is 2. The molecule has 0 spiro atoms. The number of aryl methyl sites for hydroxylation is 1. The Morgan fingerprint density at radius 1 is 1.30 bits per heavy atom. The first-order valence-corrected chi connectivity index (χ1v) is 11.7. The first-order chi connectivity index (χ1) is 15.9. The van der Waals surface area contributed by atoms with Crippen molar-refractivity contribution in [3.63, 3.8) is 0 Å². The second-order valence-electron chi connectivity index (χ2n) is 9.56. The van der Waals surface area contributed by atoms with E-state index in [9.17, 15) is 9.90 Å². The van der Waals surface area contributed by atoms with E-state index < -0.39 is 11.6 Å². The number of nitrogens with zero attached hydrogens (tertiary/aromatic N) is 2. The van der Waals surface area contributed by atoms with Crippen LogP contribution in [0, 0.1) is 6.92 Å². The Balaban J connectivity index is 1.41. The Morgan fingerprint density at radius 3 is 2.79 bits per heavy atom. The van der Waals surface area contributed by atoms with Crippen molar-refractivity contribution in [2.45, 2.75) is 50.8 Å². The highest BCUT2D eigenvalue weighted by molar-refractivity contribution is 5.97. The lowest BCUT2D eigenvalue weighted by atomic mass is 9.94. The molecule has 2 aliphatic rings. The number of pyridine rings is 1. The summed E-state index contributed by atoms with van der Waals surface area (Å²) in [7, 11) is 2.10. The number of ether oxygens (including phenoxy) is 1. The van der Waals surface area contributed by atoms with E-state index in [-0.39, 0.29) is 5.91 Å². The summed E-state index contributed by atoms with van der Waals surface area (Å²) < 4.78 is 6.00. The summed E-state index contributed by atoms with van der Waals surface area (Å²) in [4.78, 5) is 20.2. The van der Waals surface area contributed by atoms with E-state index in [0.29, 0.717) is 18.2 Å². The number of carbonyl (C=O) groups is 1. The molecule has 0 bridgehead atoms. The molecule has 5 rings (SSSR count). The second kappa shape index (κ2) is 8.43. The van der Waals surface area contributed by atoms with Gasteiger partial charge < -0.3 is 15.2 Å². The molecule has 1 amide bonds. The normalized spacial score (nSPS) is 20.2. The number of aliphatic hydroxyl groups excluding tert-OH is 1. The highest BCUT2D eigenvalue weighted by atomic mass is 16.5. The van der Waals surface area contributed by atoms with Crippen LogP contribution in [0.25, 0.3) is 10.9 Å². The lowest BCUT2D eigenvalue weighted by molar-refractivity contribution is 0.0767. The van der Waals surface area contributed by atoms with Gasteiger partial charge in [0.2, 0.25) is 0 Å². The number of nitrogens with one attached hydrogen (secondary N) is 1. The summed E-state index contributed by atoms with van der Waals surface area (Å²) >= 11 is 0. The van der Waals surface area contributed by atoms with Crippen LogP contribution >= 0.6 is 0 Å². The van der Waals surface area contributed by atoms with Crippen LogP contribution in [-0.4, -0.2) is 47.1 Å². The van der Waals surface area contributed by atoms with E-state index >= 15 is 0 Å². The van der Waals surface area contributed by atoms with Gasteiger partial charge >= 0.3 is 0 Å². The maximum atomic E-state index is 13.4. The highest BCUT2D eigenvalue weighted by Gasteiger charge is 2.47. The quantitative estimate of drug-likeness (QED) is 0.573. The average molecular weight is 446 g/mol. The SMILES string of the molecule is Cc1ccc(OC[C@@H]2CCN2C)cc1C(=O)NC1(c2cc(C(C)O)cc3ncccc23)CC1. The summed E-state index contributed by atoms with van der Waals surface area (Å²) in [6.07, 6.45) is 4.01. The fourth-order valence-corrected chi connectivity index (χ4v) is 4.62. The number of aliphatic hydroxyl groups is 1. The molecule has 1 saturated heterocycles. The maximum absolute atomic E-state index is 13.4. The number of likely N-dealkylation sites (N-methyl/N-ethyl adjacent to an activating group) is 1. The monoisotopic (exact) mass is 445 g/mol. The summed E-state index contributed by atoms with van der Waals surface area (Å²) in [5.74, 6) is 0.623. The van der Waals surface area contributed by atoms with Crippen molar-refractivity contribution in [1.29, 1.82) is 0 Å². The first-order valence-electron chi connectivity index (χ1n) is 11.7. The number of aromatic nitrogens is 1. The minimum atomic E-state index is -0.604. The lowest BCUT2D eigenvalue weighted by Crippen LogP contribution is -2.48. The zero-order valence-corrected chi connectivity index (χ0v) is 19.5. The minimum absolute atomic E-state index is 0.101. The summed E-state index contributed by atoms with van der Waals surface area (Å²) in [5, 5.41) is 14.5. The van der Waals surface area contributed by atoms with Crippen LogP contribution in [0.15, 0.2) is 48.7 Å². The van der Waals surface area contributed by atoms with E-state index in [2.05, 4.69) is 22.2 Å². The van der Waals surface area contributed by atoms with Crippen molar-refractivity contribution < 1.29 is 14.6 Å². The topological polar surface area (TPSA) is 74.7 Å². The van der Waals surface area contributed by atoms with Crippen LogP contribution in [0.5, 0.6) is 5.75 Å². The van der Waals surface area contributed by atoms with Gasteiger partial charge in [0.25, 0.3) is 5.91 Å². The molecule has 1 aromatic heterocycles. The maximum Gasteiger partial charge on any atom is 0.252 e. The van der Waals surface area contributed by atoms with Gasteiger partial charge in [-0.05, 0) is 87.7 Å². The Morgan fingerprint density at radius 2 is 2.12 bits per heavy atom. The minimum Gasteiger partial charge on any atom is -0.492 e. The Labute approximate surface area is 194 Å². The van der Waals surface area contributed by atoms with E-state index in [1.165, 1.54) is 0 Å². The summed E-state index contributed by atoms with van der Waals surface area (Å²) in [5.41, 5.74) is 3.77. The highest BCUT2D eigenvalue weighted by Crippen LogP contribution is 2.48. The average Bonchev–Trinajstić information content (AvgIpc) is 3.58. The van der Waals surface area contributed by atoms with Gasteiger partial charge in [-0.3, -0.25) is 14.7 Å². The summed E-state index contributed by atoms with van der Waals surface area (Å²) in [6, 6.07) is 14.1. The Hall–Kier alpha value is -2.96. The summed E-state index contributed by atoms with van der Waals surface area (Å²) in [6.45, 7) is 5.45. The van der Waals surface area contributed by atoms with Crippen molar-refractivity contribution >= 4 is 16.8 Å². The van der Waals surface area contributed by atoms with Crippen LogP contribution in [0.4, 0.5) is 0 Å². The van der Waals surface area contributed by atoms with Crippen LogP contribution < -0.4 is 10.1 Å². The smallest absolute Gasteiger partial charge is 0.252 e. The van der Waals surface area contributed by atoms with Gasteiger partial charge in [0.1, 0.15) is 12.4 Å². The van der Waals surface area contributed by atoms with Gasteiger partial charge in [0.05, 0.1) is 17.2 Å². The van der Waals surface area contributed by atoms with E-state index in [1.807, 2.05) is 49.4 Å². The molecule has 2 fully saturated rings. The number of amides is 1. The molecular weight excluding hydrogens is 414 g/mol. The van der Waals surface area contributed by atoms with Crippen LogP contribution in [0.1, 0.15) is 59.3 Å². The molecule has 2 atom stereocenters. The largest absolute Gasteiger partial charge is 0.492 e. The molecule has 1 unspecified atom stereocenters. The molecule has 6 heteroatoms. The molecule has 1 aliphatic carbocycles. The van der Waals surface area contributed by atoms with Gasteiger partial charge in [0, 0.05) is 23.2 Å². The molecular formula is C27H31N3O3. The molecule has 2 heterocycles. The first kappa shape index (κ1) is 21.9. The predicted molar refractivity (Wildman–Crippen MR) is 128 cm³/mol. The number of carbonyl (C=O) groups excluding carboxylic acids is 1. The van der Waals surface area contributed by atoms with Crippen molar-refractivity contribution in [3.8, 4) is 5.75 Å². The molecule has 2 aromatic carbocycles. The number of hydrogen-bond acceptors (Lipinski definition) is 5. The standard InChI is InChI=1S/C27H31N3O3/c1-17-6-7-21(33-16-20-8-12-30(20)3)15-23(17)26(32)29-27(9-10-27)24-13-19(18(2)31)14-25-22(24)5-4-11-28-25/h4-7,11,13-15,18,20,31H,8-10,12,16H2,1-3H3,(H,29,32)/t18?,20-/m0/s1. The molecule has 3 aromatic rings. The van der Waals surface area contributed by atoms with Crippen LogP contribution in [-0.2, 0) is 5.54 Å². The van der Waals surface area contributed by atoms with Gasteiger partial charge in [0.15, 0.2) is 0 Å². The van der Waals surface area contributed by atoms with Gasteiger partial charge in [-0.1, -0.05) is 18.2 Å². The zero-order valence-electron chi connectivity index (χ0n) is 19.5.